The van der Waals surface area contributed by atoms with E-state index in [-0.39, 0.29) is 5.97 Å². The molecule has 0 saturated carbocycles. The molecule has 0 aromatic rings. The van der Waals surface area contributed by atoms with Crippen LogP contribution in [0.5, 0.6) is 0 Å². The maximum atomic E-state index is 10.9. The molecule has 0 aliphatic heterocycles. The lowest BCUT2D eigenvalue weighted by Gasteiger charge is -2.12. The molecule has 0 N–H and O–H groups in total. The van der Waals surface area contributed by atoms with Crippen molar-refractivity contribution in [3.8, 4) is 0 Å². The highest BCUT2D eigenvalue weighted by molar-refractivity contribution is 9.26. The summed E-state index contributed by atoms with van der Waals surface area (Å²) in [5.41, 5.74) is 0. The molecule has 0 radical (unpaired) electrons. The maximum Gasteiger partial charge on any atom is 0.330 e. The standard InChI is InChI=1S/C21H41BrO2Si/c1-4-21(23)24-19-17-15-13-11-9-7-5-6-8-10-12-14-16-18-20-25(2,3)22/h4H,1,5-20H2,2-3H3. The number of hydrogen-bond acceptors (Lipinski definition) is 2. The van der Waals surface area contributed by atoms with Crippen LogP contribution in [0.3, 0.4) is 0 Å². The van der Waals surface area contributed by atoms with Crippen LogP contribution in [-0.2, 0) is 9.53 Å². The fourth-order valence-corrected chi connectivity index (χ4v) is 4.93. The number of unbranched alkanes of at least 4 members (excludes halogenated alkanes) is 13. The molecular formula is C21H41BrO2Si. The van der Waals surface area contributed by atoms with Crippen LogP contribution in [0.4, 0.5) is 0 Å². The monoisotopic (exact) mass is 432 g/mol. The highest BCUT2D eigenvalue weighted by atomic mass is 79.9. The molecule has 4 heteroatoms. The van der Waals surface area contributed by atoms with E-state index in [1.807, 2.05) is 0 Å². The summed E-state index contributed by atoms with van der Waals surface area (Å²) in [6.45, 7) is 7.74. The van der Waals surface area contributed by atoms with Crippen molar-refractivity contribution >= 4 is 28.0 Å². The zero-order valence-electron chi connectivity index (χ0n) is 16.8. The predicted molar refractivity (Wildman–Crippen MR) is 117 cm³/mol. The van der Waals surface area contributed by atoms with Crippen molar-refractivity contribution in [2.75, 3.05) is 6.61 Å². The minimum absolute atomic E-state index is 0.301. The van der Waals surface area contributed by atoms with Gasteiger partial charge >= 0.3 is 5.97 Å². The quantitative estimate of drug-likeness (QED) is 0.0725. The molecular weight excluding hydrogens is 392 g/mol. The molecule has 0 saturated heterocycles. The Hall–Kier alpha value is -0.0931. The third-order valence-corrected chi connectivity index (χ3v) is 7.31. The fraction of sp³-hybridized carbons (Fsp3) is 0.857. The lowest BCUT2D eigenvalue weighted by atomic mass is 10.0. The minimum atomic E-state index is -0.981. The molecule has 0 unspecified atom stereocenters. The first-order chi connectivity index (χ1) is 12.0. The van der Waals surface area contributed by atoms with Crippen LogP contribution >= 0.6 is 15.3 Å². The minimum Gasteiger partial charge on any atom is -0.463 e. The summed E-state index contributed by atoms with van der Waals surface area (Å²) < 4.78 is 4.96. The fourth-order valence-electron chi connectivity index (χ4n) is 3.00. The average molecular weight is 434 g/mol. The summed E-state index contributed by atoms with van der Waals surface area (Å²) in [5.74, 6) is -0.301. The Labute approximate surface area is 165 Å². The van der Waals surface area contributed by atoms with Crippen LogP contribution < -0.4 is 0 Å². The first-order valence-electron chi connectivity index (χ1n) is 10.4. The Kier molecular flexibility index (Phi) is 17.3. The maximum absolute atomic E-state index is 10.9. The molecule has 0 heterocycles. The molecule has 0 aliphatic rings. The molecule has 0 bridgehead atoms. The van der Waals surface area contributed by atoms with Gasteiger partial charge in [0.25, 0.3) is 0 Å². The molecule has 148 valence electrons. The molecule has 25 heavy (non-hydrogen) atoms. The SMILES string of the molecule is C=CC(=O)OCCCCCCCCCCCCCCCC[Si](C)(C)Br. The van der Waals surface area contributed by atoms with Crippen LogP contribution in [0.25, 0.3) is 0 Å². The number of rotatable bonds is 18. The van der Waals surface area contributed by atoms with E-state index < -0.39 is 6.69 Å². The molecule has 0 amide bonds. The van der Waals surface area contributed by atoms with Crippen molar-refractivity contribution in [1.29, 1.82) is 0 Å². The Balaban J connectivity index is 3.07. The summed E-state index contributed by atoms with van der Waals surface area (Å²) in [6, 6.07) is 1.42. The van der Waals surface area contributed by atoms with E-state index in [4.69, 9.17) is 4.74 Å². The number of carbonyl (C=O) groups is 1. The van der Waals surface area contributed by atoms with Gasteiger partial charge in [0.1, 0.15) is 6.69 Å². The first kappa shape index (κ1) is 24.9. The van der Waals surface area contributed by atoms with Crippen molar-refractivity contribution in [2.24, 2.45) is 0 Å². The molecule has 0 spiro atoms. The largest absolute Gasteiger partial charge is 0.463 e. The molecule has 0 aromatic carbocycles. The Bertz CT molecular complexity index is 326. The molecule has 0 aromatic heterocycles. The predicted octanol–water partition coefficient (Wildman–Crippen LogP) is 7.78. The normalized spacial score (nSPS) is 11.5. The zero-order valence-corrected chi connectivity index (χ0v) is 19.4. The molecule has 0 rings (SSSR count). The van der Waals surface area contributed by atoms with Crippen LogP contribution in [0.1, 0.15) is 89.9 Å². The lowest BCUT2D eigenvalue weighted by Crippen LogP contribution is -2.13. The summed E-state index contributed by atoms with van der Waals surface area (Å²) in [6.07, 6.45) is 20.1. The van der Waals surface area contributed by atoms with Crippen LogP contribution in [0.2, 0.25) is 19.1 Å². The van der Waals surface area contributed by atoms with Gasteiger partial charge in [-0.15, -0.1) is 15.3 Å². The van der Waals surface area contributed by atoms with Gasteiger partial charge < -0.3 is 4.74 Å². The van der Waals surface area contributed by atoms with Crippen LogP contribution in [0.15, 0.2) is 12.7 Å². The van der Waals surface area contributed by atoms with E-state index in [9.17, 15) is 4.79 Å². The second-order valence-corrected chi connectivity index (χ2v) is 18.2. The van der Waals surface area contributed by atoms with E-state index in [0.717, 1.165) is 6.42 Å². The number of carbonyl (C=O) groups excluding carboxylic acids is 1. The Morgan fingerprint density at radius 2 is 1.16 bits per heavy atom. The van der Waals surface area contributed by atoms with Crippen molar-refractivity contribution < 1.29 is 9.53 Å². The van der Waals surface area contributed by atoms with Crippen molar-refractivity contribution in [2.45, 2.75) is 109 Å². The number of esters is 1. The summed E-state index contributed by atoms with van der Waals surface area (Å²) in [7, 11) is 0. The molecule has 0 atom stereocenters. The van der Waals surface area contributed by atoms with Gasteiger partial charge in [-0.25, -0.2) is 4.79 Å². The van der Waals surface area contributed by atoms with E-state index in [0.29, 0.717) is 6.61 Å². The van der Waals surface area contributed by atoms with Crippen LogP contribution in [0, 0.1) is 0 Å². The van der Waals surface area contributed by atoms with Gasteiger partial charge in [0.15, 0.2) is 0 Å². The highest BCUT2D eigenvalue weighted by Gasteiger charge is 2.14. The Morgan fingerprint density at radius 3 is 1.52 bits per heavy atom. The number of ether oxygens (including phenoxy) is 1. The first-order valence-corrected chi connectivity index (χ1v) is 15.9. The van der Waals surface area contributed by atoms with Crippen molar-refractivity contribution in [3.05, 3.63) is 12.7 Å². The second-order valence-electron chi connectivity index (χ2n) is 7.79. The van der Waals surface area contributed by atoms with Gasteiger partial charge in [0.05, 0.1) is 6.61 Å². The van der Waals surface area contributed by atoms with E-state index in [1.165, 1.54) is 95.6 Å². The molecule has 0 fully saturated rings. The molecule has 2 nitrogen and oxygen atoms in total. The average Bonchev–Trinajstić information content (AvgIpc) is 2.56. The van der Waals surface area contributed by atoms with E-state index in [1.54, 1.807) is 0 Å². The van der Waals surface area contributed by atoms with E-state index in [2.05, 4.69) is 35.0 Å². The van der Waals surface area contributed by atoms with Gasteiger partial charge in [-0.2, -0.15) is 0 Å². The summed E-state index contributed by atoms with van der Waals surface area (Å²) in [5, 5.41) is 0. The van der Waals surface area contributed by atoms with Gasteiger partial charge in [-0.3, -0.25) is 0 Å². The van der Waals surface area contributed by atoms with Crippen molar-refractivity contribution in [3.63, 3.8) is 0 Å². The Morgan fingerprint density at radius 1 is 0.800 bits per heavy atom. The highest BCUT2D eigenvalue weighted by Crippen LogP contribution is 2.21. The van der Waals surface area contributed by atoms with Crippen LogP contribution in [-0.4, -0.2) is 19.3 Å². The molecule has 0 aliphatic carbocycles. The topological polar surface area (TPSA) is 26.3 Å². The van der Waals surface area contributed by atoms with Crippen molar-refractivity contribution in [1.82, 2.24) is 0 Å². The summed E-state index contributed by atoms with van der Waals surface area (Å²) >= 11 is 3.85. The van der Waals surface area contributed by atoms with Gasteiger partial charge in [0, 0.05) is 6.08 Å². The third kappa shape index (κ3) is 21.9. The third-order valence-electron chi connectivity index (χ3n) is 4.58. The van der Waals surface area contributed by atoms with Gasteiger partial charge in [-0.05, 0) is 12.5 Å². The van der Waals surface area contributed by atoms with Gasteiger partial charge in [-0.1, -0.05) is 103 Å². The summed E-state index contributed by atoms with van der Waals surface area (Å²) in [4.78, 5) is 10.9. The van der Waals surface area contributed by atoms with E-state index >= 15 is 0 Å². The number of halogens is 1. The van der Waals surface area contributed by atoms with Gasteiger partial charge in [0.2, 0.25) is 0 Å². The zero-order chi connectivity index (χ0) is 18.8. The number of hydrogen-bond donors (Lipinski definition) is 0. The second kappa shape index (κ2) is 17.3. The smallest absolute Gasteiger partial charge is 0.330 e. The lowest BCUT2D eigenvalue weighted by molar-refractivity contribution is -0.137.